The average molecular weight is 303 g/mol. The number of methoxy groups -OCH3 is 1. The number of hydrogen-bond acceptors (Lipinski definition) is 3. The molecule has 7 heteroatoms. The van der Waals surface area contributed by atoms with E-state index in [2.05, 4.69) is 9.72 Å². The largest absolute Gasteiger partial charge is 0.573 e. The van der Waals surface area contributed by atoms with Crippen LogP contribution in [0.15, 0.2) is 23.0 Å². The molecule has 21 heavy (non-hydrogen) atoms. The standard InChI is InChI=1S/C12H10F3NO3.C2H6/c1-6-3-7-4-9(18-2)10(19-12(13,14)15)5-8(7)16-11(6)17;1-2/h3-5H,1-2H3,(H,16,17);1-2H3. The topological polar surface area (TPSA) is 51.3 Å². The van der Waals surface area contributed by atoms with Crippen molar-refractivity contribution < 1.29 is 22.6 Å². The fourth-order valence-electron chi connectivity index (χ4n) is 1.69. The van der Waals surface area contributed by atoms with E-state index < -0.39 is 12.1 Å². The molecule has 0 aliphatic carbocycles. The lowest BCUT2D eigenvalue weighted by Crippen LogP contribution is -2.18. The highest BCUT2D eigenvalue weighted by atomic mass is 19.4. The number of pyridine rings is 1. The van der Waals surface area contributed by atoms with E-state index >= 15 is 0 Å². The number of aromatic amines is 1. The third-order valence-electron chi connectivity index (χ3n) is 2.54. The molecule has 0 aliphatic heterocycles. The quantitative estimate of drug-likeness (QED) is 0.918. The molecule has 0 fully saturated rings. The lowest BCUT2D eigenvalue weighted by atomic mass is 10.1. The number of halogens is 3. The molecule has 0 saturated heterocycles. The molecule has 2 rings (SSSR count). The lowest BCUT2D eigenvalue weighted by Gasteiger charge is -2.13. The van der Waals surface area contributed by atoms with E-state index in [1.165, 1.54) is 13.2 Å². The number of aryl methyl sites for hydroxylation is 1. The number of benzene rings is 1. The normalized spacial score (nSPS) is 10.8. The van der Waals surface area contributed by atoms with Crippen LogP contribution in [0.3, 0.4) is 0 Å². The van der Waals surface area contributed by atoms with Crippen LogP contribution in [-0.4, -0.2) is 18.5 Å². The van der Waals surface area contributed by atoms with Gasteiger partial charge in [-0.1, -0.05) is 13.8 Å². The Kier molecular flexibility index (Phi) is 5.23. The van der Waals surface area contributed by atoms with Crippen LogP contribution in [-0.2, 0) is 0 Å². The third-order valence-corrected chi connectivity index (χ3v) is 2.54. The molecule has 2 aromatic rings. The number of ether oxygens (including phenoxy) is 2. The van der Waals surface area contributed by atoms with Gasteiger partial charge in [0.25, 0.3) is 5.56 Å². The van der Waals surface area contributed by atoms with Gasteiger partial charge in [-0.05, 0) is 19.1 Å². The molecule has 4 nitrogen and oxygen atoms in total. The summed E-state index contributed by atoms with van der Waals surface area (Å²) in [5, 5.41) is 0.559. The van der Waals surface area contributed by atoms with Crippen molar-refractivity contribution in [3.8, 4) is 11.5 Å². The number of rotatable bonds is 2. The molecule has 0 aliphatic rings. The molecule has 0 unspecified atom stereocenters. The minimum absolute atomic E-state index is 0.0590. The highest BCUT2D eigenvalue weighted by Gasteiger charge is 2.32. The highest BCUT2D eigenvalue weighted by Crippen LogP contribution is 2.35. The number of alkyl halides is 3. The molecule has 0 saturated carbocycles. The van der Waals surface area contributed by atoms with Crippen LogP contribution in [0.25, 0.3) is 10.9 Å². The number of nitrogens with one attached hydrogen (secondary N) is 1. The maximum atomic E-state index is 12.3. The van der Waals surface area contributed by atoms with E-state index in [1.807, 2.05) is 13.8 Å². The monoisotopic (exact) mass is 303 g/mol. The van der Waals surface area contributed by atoms with Crippen molar-refractivity contribution in [3.63, 3.8) is 0 Å². The van der Waals surface area contributed by atoms with Gasteiger partial charge < -0.3 is 14.5 Å². The van der Waals surface area contributed by atoms with Crippen LogP contribution >= 0.6 is 0 Å². The van der Waals surface area contributed by atoms with Gasteiger partial charge in [-0.2, -0.15) is 0 Å². The zero-order valence-electron chi connectivity index (χ0n) is 12.1. The van der Waals surface area contributed by atoms with Crippen LogP contribution in [0.2, 0.25) is 0 Å². The van der Waals surface area contributed by atoms with Crippen LogP contribution < -0.4 is 15.0 Å². The summed E-state index contributed by atoms with van der Waals surface area (Å²) in [6.45, 7) is 5.60. The van der Waals surface area contributed by atoms with E-state index in [9.17, 15) is 18.0 Å². The summed E-state index contributed by atoms with van der Waals surface area (Å²) in [4.78, 5) is 13.9. The summed E-state index contributed by atoms with van der Waals surface area (Å²) in [6.07, 6.45) is -4.83. The van der Waals surface area contributed by atoms with Crippen molar-refractivity contribution in [2.45, 2.75) is 27.1 Å². The predicted octanol–water partition coefficient (Wildman–Crippen LogP) is 3.77. The fraction of sp³-hybridized carbons (Fsp3) is 0.357. The van der Waals surface area contributed by atoms with Crippen LogP contribution in [0, 0.1) is 6.92 Å². The van der Waals surface area contributed by atoms with Gasteiger partial charge in [0.2, 0.25) is 0 Å². The van der Waals surface area contributed by atoms with E-state index in [0.717, 1.165) is 6.07 Å². The smallest absolute Gasteiger partial charge is 0.493 e. The zero-order valence-corrected chi connectivity index (χ0v) is 12.1. The van der Waals surface area contributed by atoms with Gasteiger partial charge in [-0.15, -0.1) is 13.2 Å². The summed E-state index contributed by atoms with van der Waals surface area (Å²) in [7, 11) is 1.24. The molecular weight excluding hydrogens is 287 g/mol. The summed E-state index contributed by atoms with van der Waals surface area (Å²) < 4.78 is 45.5. The van der Waals surface area contributed by atoms with Gasteiger partial charge in [0.15, 0.2) is 11.5 Å². The van der Waals surface area contributed by atoms with Gasteiger partial charge in [0.1, 0.15) is 0 Å². The number of aromatic nitrogens is 1. The van der Waals surface area contributed by atoms with Crippen molar-refractivity contribution in [3.05, 3.63) is 34.1 Å². The van der Waals surface area contributed by atoms with E-state index in [-0.39, 0.29) is 16.8 Å². The average Bonchev–Trinajstić information content (AvgIpc) is 2.40. The third kappa shape index (κ3) is 4.14. The Balaban J connectivity index is 0.00000106. The molecule has 116 valence electrons. The minimum atomic E-state index is -4.83. The summed E-state index contributed by atoms with van der Waals surface area (Å²) in [5.41, 5.74) is 0.338. The molecule has 0 radical (unpaired) electrons. The Morgan fingerprint density at radius 3 is 2.24 bits per heavy atom. The number of H-pyrrole nitrogens is 1. The Morgan fingerprint density at radius 2 is 1.71 bits per heavy atom. The first-order valence-electron chi connectivity index (χ1n) is 6.27. The second kappa shape index (κ2) is 6.51. The van der Waals surface area contributed by atoms with Crippen LogP contribution in [0.5, 0.6) is 11.5 Å². The predicted molar refractivity (Wildman–Crippen MR) is 73.9 cm³/mol. The molecule has 1 aromatic carbocycles. The van der Waals surface area contributed by atoms with Crippen molar-refractivity contribution in [2.24, 2.45) is 0 Å². The zero-order chi connectivity index (χ0) is 16.2. The second-order valence-electron chi connectivity index (χ2n) is 3.92. The summed E-state index contributed by atoms with van der Waals surface area (Å²) in [5.74, 6) is -0.557. The van der Waals surface area contributed by atoms with Gasteiger partial charge >= 0.3 is 6.36 Å². The highest BCUT2D eigenvalue weighted by molar-refractivity contribution is 5.83. The minimum Gasteiger partial charge on any atom is -0.493 e. The summed E-state index contributed by atoms with van der Waals surface area (Å²) >= 11 is 0. The van der Waals surface area contributed by atoms with Crippen molar-refractivity contribution >= 4 is 10.9 Å². The molecule has 1 aromatic heterocycles. The molecule has 1 N–H and O–H groups in total. The van der Waals surface area contributed by atoms with Gasteiger partial charge in [0.05, 0.1) is 12.6 Å². The van der Waals surface area contributed by atoms with Crippen molar-refractivity contribution in [1.82, 2.24) is 4.98 Å². The SMILES string of the molecule is CC.COc1cc2cc(C)c(=O)[nH]c2cc1OC(F)(F)F. The Bertz CT molecular complexity index is 677. The summed E-state index contributed by atoms with van der Waals surface area (Å²) in [6, 6.07) is 4.02. The van der Waals surface area contributed by atoms with E-state index in [1.54, 1.807) is 13.0 Å². The van der Waals surface area contributed by atoms with Gasteiger partial charge in [0, 0.05) is 17.0 Å². The first kappa shape index (κ1) is 16.9. The molecule has 0 bridgehead atoms. The molecule has 0 atom stereocenters. The fourth-order valence-corrected chi connectivity index (χ4v) is 1.69. The molecule has 1 heterocycles. The maximum Gasteiger partial charge on any atom is 0.573 e. The van der Waals surface area contributed by atoms with Crippen molar-refractivity contribution in [1.29, 1.82) is 0 Å². The van der Waals surface area contributed by atoms with Gasteiger partial charge in [-0.25, -0.2) is 0 Å². The Morgan fingerprint density at radius 1 is 1.10 bits per heavy atom. The van der Waals surface area contributed by atoms with Crippen LogP contribution in [0.4, 0.5) is 13.2 Å². The second-order valence-corrected chi connectivity index (χ2v) is 3.92. The van der Waals surface area contributed by atoms with Crippen molar-refractivity contribution in [2.75, 3.05) is 7.11 Å². The molecular formula is C14H16F3NO3. The molecule has 0 amide bonds. The van der Waals surface area contributed by atoms with Gasteiger partial charge in [-0.3, -0.25) is 4.79 Å². The first-order chi connectivity index (χ1) is 9.80. The van der Waals surface area contributed by atoms with E-state index in [0.29, 0.717) is 10.9 Å². The molecule has 0 spiro atoms. The Labute approximate surface area is 119 Å². The number of fused-ring (bicyclic) bond motifs is 1. The van der Waals surface area contributed by atoms with Crippen LogP contribution in [0.1, 0.15) is 19.4 Å². The Hall–Kier alpha value is -2.18. The van der Waals surface area contributed by atoms with E-state index in [4.69, 9.17) is 4.74 Å². The number of hydrogen-bond donors (Lipinski definition) is 1. The maximum absolute atomic E-state index is 12.3. The lowest BCUT2D eigenvalue weighted by molar-refractivity contribution is -0.275. The first-order valence-corrected chi connectivity index (χ1v) is 6.27.